The highest BCUT2D eigenvalue weighted by Crippen LogP contribution is 2.35. The van der Waals surface area contributed by atoms with Crippen LogP contribution in [0.1, 0.15) is 27.8 Å². The van der Waals surface area contributed by atoms with Crippen LogP contribution in [0.2, 0.25) is 0 Å². The molecular formula is C19H8N4. The maximum absolute atomic E-state index is 9.53. The molecule has 0 radical (unpaired) electrons. The van der Waals surface area contributed by atoms with Crippen LogP contribution >= 0.6 is 0 Å². The molecule has 3 aromatic carbocycles. The Kier molecular flexibility index (Phi) is 3.16. The summed E-state index contributed by atoms with van der Waals surface area (Å²) in [5.74, 6) is 0. The number of benzene rings is 3. The molecule has 3 aromatic rings. The van der Waals surface area contributed by atoms with Crippen LogP contribution in [0.25, 0.3) is 21.5 Å². The first-order chi connectivity index (χ1) is 11.2. The highest BCUT2D eigenvalue weighted by Gasteiger charge is 2.21. The average Bonchev–Trinajstić information content (AvgIpc) is 2.59. The Hall–Kier alpha value is -3.86. The van der Waals surface area contributed by atoms with E-state index in [4.69, 9.17) is 0 Å². The van der Waals surface area contributed by atoms with E-state index in [2.05, 4.69) is 0 Å². The molecule has 0 bridgehead atoms. The molecule has 0 saturated heterocycles. The topological polar surface area (TPSA) is 95.2 Å². The predicted octanol–water partition coefficient (Wildman–Crippen LogP) is 3.79. The minimum Gasteiger partial charge on any atom is -0.192 e. The summed E-state index contributed by atoms with van der Waals surface area (Å²) in [6, 6.07) is 17.3. The molecule has 0 aliphatic carbocycles. The molecule has 3 rings (SSSR count). The Morgan fingerprint density at radius 1 is 0.696 bits per heavy atom. The standard InChI is InChI=1S/C19H8N4/c1-11-13-5-3-2-4-12(13)6-14-15(7-20)16(8-21)17(9-22)18(10-23)19(11)14/h2-6H,1H3. The fourth-order valence-corrected chi connectivity index (χ4v) is 3.01. The van der Waals surface area contributed by atoms with Crippen molar-refractivity contribution in [2.45, 2.75) is 6.92 Å². The Bertz CT molecular complexity index is 1160. The molecular weight excluding hydrogens is 284 g/mol. The summed E-state index contributed by atoms with van der Waals surface area (Å²) >= 11 is 0. The lowest BCUT2D eigenvalue weighted by Crippen LogP contribution is -1.99. The lowest BCUT2D eigenvalue weighted by Gasteiger charge is -2.13. The smallest absolute Gasteiger partial charge is 0.102 e. The van der Waals surface area contributed by atoms with Crippen molar-refractivity contribution < 1.29 is 0 Å². The molecule has 0 amide bonds. The van der Waals surface area contributed by atoms with Crippen molar-refractivity contribution in [1.82, 2.24) is 0 Å². The van der Waals surface area contributed by atoms with Crippen molar-refractivity contribution in [3.63, 3.8) is 0 Å². The lowest BCUT2D eigenvalue weighted by molar-refractivity contribution is 1.39. The van der Waals surface area contributed by atoms with Crippen molar-refractivity contribution in [2.75, 3.05) is 0 Å². The van der Waals surface area contributed by atoms with Gasteiger partial charge in [-0.15, -0.1) is 0 Å². The Balaban J connectivity index is 2.77. The fraction of sp³-hybridized carbons (Fsp3) is 0.0526. The van der Waals surface area contributed by atoms with Gasteiger partial charge in [0.05, 0.1) is 22.3 Å². The van der Waals surface area contributed by atoms with Gasteiger partial charge in [0.2, 0.25) is 0 Å². The van der Waals surface area contributed by atoms with E-state index in [0.29, 0.717) is 10.8 Å². The van der Waals surface area contributed by atoms with E-state index in [9.17, 15) is 21.0 Å². The van der Waals surface area contributed by atoms with Gasteiger partial charge < -0.3 is 0 Å². The summed E-state index contributed by atoms with van der Waals surface area (Å²) < 4.78 is 0. The number of nitriles is 4. The van der Waals surface area contributed by atoms with Crippen LogP contribution in [-0.4, -0.2) is 0 Å². The largest absolute Gasteiger partial charge is 0.192 e. The minimum atomic E-state index is -0.0336. The Labute approximate surface area is 132 Å². The van der Waals surface area contributed by atoms with Crippen molar-refractivity contribution in [3.05, 3.63) is 58.1 Å². The first kappa shape index (κ1) is 14.1. The van der Waals surface area contributed by atoms with Gasteiger partial charge >= 0.3 is 0 Å². The zero-order valence-corrected chi connectivity index (χ0v) is 12.2. The molecule has 4 heteroatoms. The van der Waals surface area contributed by atoms with Gasteiger partial charge in [-0.2, -0.15) is 21.0 Å². The van der Waals surface area contributed by atoms with Crippen LogP contribution in [0.3, 0.4) is 0 Å². The highest BCUT2D eigenvalue weighted by atomic mass is 14.3. The van der Waals surface area contributed by atoms with E-state index < -0.39 is 0 Å². The summed E-state index contributed by atoms with van der Waals surface area (Å²) in [7, 11) is 0. The fourth-order valence-electron chi connectivity index (χ4n) is 3.01. The van der Waals surface area contributed by atoms with E-state index in [1.165, 1.54) is 0 Å². The summed E-state index contributed by atoms with van der Waals surface area (Å²) in [5, 5.41) is 40.8. The zero-order chi connectivity index (χ0) is 16.6. The molecule has 0 spiro atoms. The molecule has 0 N–H and O–H groups in total. The lowest BCUT2D eigenvalue weighted by atomic mass is 9.86. The second-order valence-electron chi connectivity index (χ2n) is 5.09. The van der Waals surface area contributed by atoms with Gasteiger partial charge in [0.25, 0.3) is 0 Å². The van der Waals surface area contributed by atoms with Crippen LogP contribution < -0.4 is 0 Å². The number of aryl methyl sites for hydroxylation is 1. The molecule has 0 atom stereocenters. The third kappa shape index (κ3) is 1.81. The van der Waals surface area contributed by atoms with Crippen LogP contribution in [0, 0.1) is 52.2 Å². The van der Waals surface area contributed by atoms with Crippen LogP contribution in [0.5, 0.6) is 0 Å². The molecule has 0 unspecified atom stereocenters. The number of rotatable bonds is 0. The zero-order valence-electron chi connectivity index (χ0n) is 12.2. The number of nitrogens with zero attached hydrogens (tertiary/aromatic N) is 4. The third-order valence-corrected chi connectivity index (χ3v) is 4.03. The van der Waals surface area contributed by atoms with E-state index in [1.54, 1.807) is 6.07 Å². The molecule has 0 aliphatic heterocycles. The normalized spacial score (nSPS) is 9.78. The monoisotopic (exact) mass is 292 g/mol. The number of hydrogen-bond acceptors (Lipinski definition) is 4. The minimum absolute atomic E-state index is 0.0302. The summed E-state index contributed by atoms with van der Waals surface area (Å²) in [5.41, 5.74) is 1.06. The van der Waals surface area contributed by atoms with Gasteiger partial charge in [-0.3, -0.25) is 0 Å². The summed E-state index contributed by atoms with van der Waals surface area (Å²) in [6.07, 6.45) is 0. The van der Waals surface area contributed by atoms with Crippen LogP contribution in [0.15, 0.2) is 30.3 Å². The summed E-state index contributed by atoms with van der Waals surface area (Å²) in [6.45, 7) is 1.86. The van der Waals surface area contributed by atoms with E-state index in [-0.39, 0.29) is 22.3 Å². The van der Waals surface area contributed by atoms with Crippen molar-refractivity contribution in [1.29, 1.82) is 21.0 Å². The summed E-state index contributed by atoms with van der Waals surface area (Å²) in [4.78, 5) is 0. The number of hydrogen-bond donors (Lipinski definition) is 0. The van der Waals surface area contributed by atoms with Crippen molar-refractivity contribution >= 4 is 21.5 Å². The van der Waals surface area contributed by atoms with E-state index >= 15 is 0 Å². The molecule has 0 saturated carbocycles. The molecule has 0 aliphatic rings. The maximum Gasteiger partial charge on any atom is 0.102 e. The average molecular weight is 292 g/mol. The first-order valence-electron chi connectivity index (χ1n) is 6.80. The highest BCUT2D eigenvalue weighted by molar-refractivity contribution is 6.08. The van der Waals surface area contributed by atoms with Gasteiger partial charge in [-0.1, -0.05) is 24.3 Å². The first-order valence-corrected chi connectivity index (χ1v) is 6.80. The van der Waals surface area contributed by atoms with Gasteiger partial charge in [-0.05, 0) is 29.3 Å². The Morgan fingerprint density at radius 2 is 1.26 bits per heavy atom. The van der Waals surface area contributed by atoms with Crippen LogP contribution in [-0.2, 0) is 0 Å². The van der Waals surface area contributed by atoms with Crippen molar-refractivity contribution in [3.8, 4) is 24.3 Å². The quantitative estimate of drug-likeness (QED) is 0.589. The molecule has 0 aromatic heterocycles. The van der Waals surface area contributed by atoms with Gasteiger partial charge in [-0.25, -0.2) is 0 Å². The maximum atomic E-state index is 9.53. The van der Waals surface area contributed by atoms with Crippen molar-refractivity contribution in [2.24, 2.45) is 0 Å². The van der Waals surface area contributed by atoms with E-state index in [0.717, 1.165) is 16.3 Å². The molecule has 4 nitrogen and oxygen atoms in total. The van der Waals surface area contributed by atoms with Gasteiger partial charge in [0.15, 0.2) is 0 Å². The number of fused-ring (bicyclic) bond motifs is 2. The van der Waals surface area contributed by atoms with E-state index in [1.807, 2.05) is 55.5 Å². The molecule has 0 fully saturated rings. The Morgan fingerprint density at radius 3 is 1.87 bits per heavy atom. The van der Waals surface area contributed by atoms with Gasteiger partial charge in [0, 0.05) is 10.8 Å². The van der Waals surface area contributed by atoms with Crippen LogP contribution in [0.4, 0.5) is 0 Å². The molecule has 104 valence electrons. The SMILES string of the molecule is Cc1c2ccccc2cc2c(C#N)c(C#N)c(C#N)c(C#N)c12. The second kappa shape index (κ2) is 5.16. The molecule has 0 heterocycles. The molecule has 23 heavy (non-hydrogen) atoms. The second-order valence-corrected chi connectivity index (χ2v) is 5.09. The predicted molar refractivity (Wildman–Crippen MR) is 85.1 cm³/mol. The third-order valence-electron chi connectivity index (χ3n) is 4.03. The van der Waals surface area contributed by atoms with Gasteiger partial charge in [0.1, 0.15) is 24.3 Å².